The second-order valence-corrected chi connectivity index (χ2v) is 6.65. The van der Waals surface area contributed by atoms with Gasteiger partial charge in [-0.05, 0) is 48.9 Å². The number of methoxy groups -OCH3 is 1. The fourth-order valence-electron chi connectivity index (χ4n) is 2.79. The van der Waals surface area contributed by atoms with E-state index in [0.29, 0.717) is 29.3 Å². The summed E-state index contributed by atoms with van der Waals surface area (Å²) in [6.45, 7) is 2.11. The van der Waals surface area contributed by atoms with E-state index in [9.17, 15) is 9.59 Å². The molecule has 0 aliphatic carbocycles. The molecule has 2 N–H and O–H groups in total. The van der Waals surface area contributed by atoms with E-state index in [1.807, 2.05) is 42.5 Å². The predicted molar refractivity (Wildman–Crippen MR) is 116 cm³/mol. The Bertz CT molecular complexity index is 988. The zero-order valence-corrected chi connectivity index (χ0v) is 16.9. The highest BCUT2D eigenvalue weighted by Crippen LogP contribution is 2.27. The molecule has 0 radical (unpaired) electrons. The molecule has 0 aliphatic heterocycles. The first-order chi connectivity index (χ1) is 14.6. The molecule has 1 atom stereocenters. The van der Waals surface area contributed by atoms with E-state index in [1.165, 1.54) is 0 Å². The maximum Gasteiger partial charge on any atom is 0.265 e. The Balaban J connectivity index is 1.54. The molecule has 0 bridgehead atoms. The van der Waals surface area contributed by atoms with Crippen molar-refractivity contribution in [1.29, 1.82) is 0 Å². The largest absolute Gasteiger partial charge is 0.493 e. The van der Waals surface area contributed by atoms with Crippen LogP contribution in [0, 0.1) is 0 Å². The van der Waals surface area contributed by atoms with E-state index in [4.69, 9.17) is 9.47 Å². The van der Waals surface area contributed by atoms with Crippen LogP contribution in [0.2, 0.25) is 0 Å². The lowest BCUT2D eigenvalue weighted by atomic mass is 10.1. The number of hydrogen-bond donors (Lipinski definition) is 2. The molecule has 30 heavy (non-hydrogen) atoms. The minimum Gasteiger partial charge on any atom is -0.493 e. The zero-order valence-electron chi connectivity index (χ0n) is 16.9. The standard InChI is InChI=1S/C24H24N2O4/c1-17(30-22-11-7-6-10-21(22)29-2)23(27)26-20-14-12-19(13-15-20)24(28)25-16-18-8-4-3-5-9-18/h3-15,17H,16H2,1-2H3,(H,25,28)(H,26,27). The number of rotatable bonds is 8. The van der Waals surface area contributed by atoms with Crippen molar-refractivity contribution < 1.29 is 19.1 Å². The van der Waals surface area contributed by atoms with Crippen LogP contribution < -0.4 is 20.1 Å². The Morgan fingerprint density at radius 1 is 0.867 bits per heavy atom. The van der Waals surface area contributed by atoms with Crippen LogP contribution in [0.15, 0.2) is 78.9 Å². The molecule has 0 spiro atoms. The van der Waals surface area contributed by atoms with Crippen molar-refractivity contribution in [2.24, 2.45) is 0 Å². The van der Waals surface area contributed by atoms with Gasteiger partial charge in [-0.2, -0.15) is 0 Å². The number of ether oxygens (including phenoxy) is 2. The Labute approximate surface area is 175 Å². The third-order valence-corrected chi connectivity index (χ3v) is 4.45. The molecule has 3 aromatic rings. The van der Waals surface area contributed by atoms with E-state index in [1.54, 1.807) is 50.4 Å². The van der Waals surface area contributed by atoms with Crippen LogP contribution in [-0.4, -0.2) is 25.0 Å². The SMILES string of the molecule is COc1ccccc1OC(C)C(=O)Nc1ccc(C(=O)NCc2ccccc2)cc1. The van der Waals surface area contributed by atoms with Crippen molar-refractivity contribution in [1.82, 2.24) is 5.32 Å². The van der Waals surface area contributed by atoms with E-state index < -0.39 is 6.10 Å². The Hall–Kier alpha value is -3.80. The number of amides is 2. The minimum atomic E-state index is -0.727. The molecular formula is C24H24N2O4. The molecule has 3 rings (SSSR count). The Morgan fingerprint density at radius 2 is 1.50 bits per heavy atom. The van der Waals surface area contributed by atoms with Gasteiger partial charge in [0.2, 0.25) is 0 Å². The van der Waals surface area contributed by atoms with Gasteiger partial charge >= 0.3 is 0 Å². The average molecular weight is 404 g/mol. The molecular weight excluding hydrogens is 380 g/mol. The smallest absolute Gasteiger partial charge is 0.265 e. The van der Waals surface area contributed by atoms with Crippen LogP contribution in [0.4, 0.5) is 5.69 Å². The lowest BCUT2D eigenvalue weighted by Crippen LogP contribution is -2.30. The second-order valence-electron chi connectivity index (χ2n) is 6.65. The van der Waals surface area contributed by atoms with Crippen LogP contribution >= 0.6 is 0 Å². The van der Waals surface area contributed by atoms with Crippen LogP contribution in [0.25, 0.3) is 0 Å². The Kier molecular flexibility index (Phi) is 7.05. The summed E-state index contributed by atoms with van der Waals surface area (Å²) in [5.74, 6) is 0.572. The number of benzene rings is 3. The highest BCUT2D eigenvalue weighted by atomic mass is 16.5. The quantitative estimate of drug-likeness (QED) is 0.594. The zero-order chi connectivity index (χ0) is 21.3. The second kappa shape index (κ2) is 10.1. The summed E-state index contributed by atoms with van der Waals surface area (Å²) < 4.78 is 10.9. The van der Waals surface area contributed by atoms with Crippen LogP contribution in [0.1, 0.15) is 22.8 Å². The molecule has 0 fully saturated rings. The van der Waals surface area contributed by atoms with Gasteiger partial charge in [-0.15, -0.1) is 0 Å². The van der Waals surface area contributed by atoms with E-state index in [2.05, 4.69) is 10.6 Å². The third kappa shape index (κ3) is 5.61. The fraction of sp³-hybridized carbons (Fsp3) is 0.167. The molecule has 154 valence electrons. The molecule has 0 aromatic heterocycles. The minimum absolute atomic E-state index is 0.176. The average Bonchev–Trinajstić information content (AvgIpc) is 2.79. The van der Waals surface area contributed by atoms with Gasteiger partial charge in [-0.25, -0.2) is 0 Å². The van der Waals surface area contributed by atoms with Crippen LogP contribution in [0.3, 0.4) is 0 Å². The van der Waals surface area contributed by atoms with Gasteiger partial charge in [0, 0.05) is 17.8 Å². The van der Waals surface area contributed by atoms with Crippen LogP contribution in [-0.2, 0) is 11.3 Å². The third-order valence-electron chi connectivity index (χ3n) is 4.45. The molecule has 6 heteroatoms. The first-order valence-electron chi connectivity index (χ1n) is 9.59. The highest BCUT2D eigenvalue weighted by Gasteiger charge is 2.17. The van der Waals surface area contributed by atoms with Crippen molar-refractivity contribution in [3.8, 4) is 11.5 Å². The van der Waals surface area contributed by atoms with Gasteiger partial charge < -0.3 is 20.1 Å². The van der Waals surface area contributed by atoms with Crippen molar-refractivity contribution in [3.05, 3.63) is 90.0 Å². The molecule has 2 amide bonds. The van der Waals surface area contributed by atoms with Gasteiger partial charge in [0.15, 0.2) is 17.6 Å². The van der Waals surface area contributed by atoms with Gasteiger partial charge in [-0.3, -0.25) is 9.59 Å². The molecule has 0 saturated carbocycles. The number of nitrogens with one attached hydrogen (secondary N) is 2. The monoisotopic (exact) mass is 404 g/mol. The highest BCUT2D eigenvalue weighted by molar-refractivity contribution is 5.96. The fourth-order valence-corrected chi connectivity index (χ4v) is 2.79. The number of hydrogen-bond acceptors (Lipinski definition) is 4. The van der Waals surface area contributed by atoms with E-state index in [-0.39, 0.29) is 11.8 Å². The topological polar surface area (TPSA) is 76.7 Å². The van der Waals surface area contributed by atoms with Crippen molar-refractivity contribution >= 4 is 17.5 Å². The Morgan fingerprint density at radius 3 is 2.17 bits per heavy atom. The molecule has 0 aliphatic rings. The lowest BCUT2D eigenvalue weighted by molar-refractivity contribution is -0.122. The number of anilines is 1. The maximum atomic E-state index is 12.4. The molecule has 1 unspecified atom stereocenters. The summed E-state index contributed by atoms with van der Waals surface area (Å²) in [7, 11) is 1.55. The number of carbonyl (C=O) groups excluding carboxylic acids is 2. The molecule has 6 nitrogen and oxygen atoms in total. The van der Waals surface area contributed by atoms with E-state index in [0.717, 1.165) is 5.56 Å². The van der Waals surface area contributed by atoms with Gasteiger partial charge in [-0.1, -0.05) is 42.5 Å². The molecule has 0 saturated heterocycles. The molecule has 3 aromatic carbocycles. The van der Waals surface area contributed by atoms with Crippen molar-refractivity contribution in [2.45, 2.75) is 19.6 Å². The summed E-state index contributed by atoms with van der Waals surface area (Å²) in [5, 5.41) is 5.66. The van der Waals surface area contributed by atoms with Crippen molar-refractivity contribution in [2.75, 3.05) is 12.4 Å². The summed E-state index contributed by atoms with van der Waals surface area (Å²) in [6.07, 6.45) is -0.727. The lowest BCUT2D eigenvalue weighted by Gasteiger charge is -2.16. The first-order valence-corrected chi connectivity index (χ1v) is 9.59. The number of para-hydroxylation sites is 2. The summed E-state index contributed by atoms with van der Waals surface area (Å²) in [6, 6.07) is 23.5. The van der Waals surface area contributed by atoms with Gasteiger partial charge in [0.05, 0.1) is 7.11 Å². The van der Waals surface area contributed by atoms with Gasteiger partial charge in [0.25, 0.3) is 11.8 Å². The summed E-state index contributed by atoms with van der Waals surface area (Å²) in [5.41, 5.74) is 2.12. The van der Waals surface area contributed by atoms with Crippen molar-refractivity contribution in [3.63, 3.8) is 0 Å². The van der Waals surface area contributed by atoms with Crippen LogP contribution in [0.5, 0.6) is 11.5 Å². The normalized spacial score (nSPS) is 11.3. The summed E-state index contributed by atoms with van der Waals surface area (Å²) in [4.78, 5) is 24.7. The first kappa shape index (κ1) is 20.9. The number of carbonyl (C=O) groups is 2. The summed E-state index contributed by atoms with van der Waals surface area (Å²) >= 11 is 0. The van der Waals surface area contributed by atoms with Gasteiger partial charge in [0.1, 0.15) is 0 Å². The predicted octanol–water partition coefficient (Wildman–Crippen LogP) is 4.03. The molecule has 0 heterocycles. The maximum absolute atomic E-state index is 12.4. The van der Waals surface area contributed by atoms with E-state index >= 15 is 0 Å².